The first kappa shape index (κ1) is 23.9. The number of aromatic nitrogens is 1. The van der Waals surface area contributed by atoms with Crippen LogP contribution in [0.4, 0.5) is 5.82 Å². The van der Waals surface area contributed by atoms with Crippen LogP contribution in [0.2, 0.25) is 0 Å². The summed E-state index contributed by atoms with van der Waals surface area (Å²) in [5, 5.41) is 27.3. The van der Waals surface area contributed by atoms with Crippen molar-refractivity contribution in [3.8, 4) is 0 Å². The van der Waals surface area contributed by atoms with Gasteiger partial charge in [-0.3, -0.25) is 10.1 Å². The number of hydrogen-bond acceptors (Lipinski definition) is 6. The molecule has 178 valence electrons. The summed E-state index contributed by atoms with van der Waals surface area (Å²) in [6, 6.07) is 19.5. The molecule has 0 radical (unpaired) electrons. The third kappa shape index (κ3) is 6.41. The highest BCUT2D eigenvalue weighted by atomic mass is 16.3. The summed E-state index contributed by atoms with van der Waals surface area (Å²) in [5.74, 6) is 0.387. The lowest BCUT2D eigenvalue weighted by atomic mass is 10.00. The van der Waals surface area contributed by atoms with Crippen LogP contribution < -0.4 is 16.4 Å². The molecule has 34 heavy (non-hydrogen) atoms. The van der Waals surface area contributed by atoms with Crippen LogP contribution in [-0.2, 0) is 30.5 Å². The van der Waals surface area contributed by atoms with E-state index >= 15 is 0 Å². The van der Waals surface area contributed by atoms with Gasteiger partial charge in [0.2, 0.25) is 5.91 Å². The molecule has 7 nitrogen and oxygen atoms in total. The summed E-state index contributed by atoms with van der Waals surface area (Å²) < 4.78 is 0. The maximum Gasteiger partial charge on any atom is 0.224 e. The Morgan fingerprint density at radius 3 is 2.50 bits per heavy atom. The Labute approximate surface area is 200 Å². The number of anilines is 1. The summed E-state index contributed by atoms with van der Waals surface area (Å²) in [7, 11) is 0. The Morgan fingerprint density at radius 2 is 1.82 bits per heavy atom. The molecule has 1 amide bonds. The van der Waals surface area contributed by atoms with Gasteiger partial charge in [0.15, 0.2) is 0 Å². The highest BCUT2D eigenvalue weighted by Crippen LogP contribution is 2.22. The second-order valence-corrected chi connectivity index (χ2v) is 9.30. The van der Waals surface area contributed by atoms with Crippen LogP contribution in [-0.4, -0.2) is 39.4 Å². The Bertz CT molecular complexity index is 1110. The molecule has 1 aromatic heterocycles. The van der Waals surface area contributed by atoms with Crippen molar-refractivity contribution in [2.75, 3.05) is 12.3 Å². The summed E-state index contributed by atoms with van der Waals surface area (Å²) in [6.07, 6.45) is 3.06. The lowest BCUT2D eigenvalue weighted by Crippen LogP contribution is -2.46. The van der Waals surface area contributed by atoms with E-state index in [0.717, 1.165) is 24.0 Å². The molecule has 1 aliphatic carbocycles. The van der Waals surface area contributed by atoms with Crippen LogP contribution in [0.5, 0.6) is 0 Å². The molecule has 2 atom stereocenters. The predicted molar refractivity (Wildman–Crippen MR) is 132 cm³/mol. The van der Waals surface area contributed by atoms with Gasteiger partial charge in [-0.2, -0.15) is 0 Å². The molecule has 4 rings (SSSR count). The molecule has 0 spiro atoms. The lowest BCUT2D eigenvalue weighted by Gasteiger charge is -2.27. The Morgan fingerprint density at radius 1 is 1.12 bits per heavy atom. The number of aliphatic hydroxyl groups excluding tert-OH is 1. The van der Waals surface area contributed by atoms with Gasteiger partial charge in [0.05, 0.1) is 12.5 Å². The van der Waals surface area contributed by atoms with Gasteiger partial charge < -0.3 is 21.3 Å². The zero-order valence-corrected chi connectivity index (χ0v) is 19.4. The number of aliphatic hydroxyl groups is 2. The van der Waals surface area contributed by atoms with Gasteiger partial charge in [-0.05, 0) is 48.1 Å². The van der Waals surface area contributed by atoms with Crippen molar-refractivity contribution < 1.29 is 15.0 Å². The van der Waals surface area contributed by atoms with E-state index in [4.69, 9.17) is 5.73 Å². The Hall–Kier alpha value is -3.26. The number of hydrogen-bond donors (Lipinski definition) is 5. The summed E-state index contributed by atoms with van der Waals surface area (Å²) in [6.45, 7) is 1.82. The highest BCUT2D eigenvalue weighted by molar-refractivity contribution is 5.79. The minimum Gasteiger partial charge on any atom is -0.387 e. The monoisotopic (exact) mass is 460 g/mol. The van der Waals surface area contributed by atoms with Crippen molar-refractivity contribution in [1.29, 1.82) is 0 Å². The topological polar surface area (TPSA) is 120 Å². The zero-order chi connectivity index (χ0) is 24.1. The number of benzene rings is 2. The number of amides is 1. The first-order chi connectivity index (χ1) is 16.3. The SMILES string of the molecule is C[C@@](O)(Cc1cccc(CC(=O)NC2Cc3ccccc3C2)c1)NC[C@H](O)c1ccc(N)nc1. The standard InChI is InChI=1S/C27H32N4O3/c1-27(34,30-17-24(32)22-9-10-25(28)29-16-22)15-19-6-4-5-18(11-19)12-26(33)31-23-13-20-7-2-3-8-21(20)14-23/h2-11,16,23-24,30,32,34H,12-15,17H2,1H3,(H2,28,29)(H,31,33)/t24-,27+/m0/s1. The Kier molecular flexibility index (Phi) is 7.26. The number of carbonyl (C=O) groups is 1. The molecule has 3 aromatic rings. The van der Waals surface area contributed by atoms with Crippen LogP contribution in [0.1, 0.15) is 40.8 Å². The van der Waals surface area contributed by atoms with Crippen LogP contribution in [0.3, 0.4) is 0 Å². The van der Waals surface area contributed by atoms with Crippen LogP contribution >= 0.6 is 0 Å². The van der Waals surface area contributed by atoms with E-state index in [9.17, 15) is 15.0 Å². The first-order valence-corrected chi connectivity index (χ1v) is 11.6. The van der Waals surface area contributed by atoms with Crippen molar-refractivity contribution in [3.63, 3.8) is 0 Å². The van der Waals surface area contributed by atoms with Crippen molar-refractivity contribution >= 4 is 11.7 Å². The molecule has 0 saturated carbocycles. The van der Waals surface area contributed by atoms with Gasteiger partial charge >= 0.3 is 0 Å². The summed E-state index contributed by atoms with van der Waals surface area (Å²) in [4.78, 5) is 16.6. The minimum absolute atomic E-state index is 0.0000657. The minimum atomic E-state index is -1.24. The molecular formula is C27H32N4O3. The van der Waals surface area contributed by atoms with Crippen molar-refractivity contribution in [2.45, 2.75) is 50.5 Å². The molecular weight excluding hydrogens is 428 g/mol. The quantitative estimate of drug-likeness (QED) is 0.312. The number of nitrogen functional groups attached to an aromatic ring is 1. The fraction of sp³-hybridized carbons (Fsp3) is 0.333. The van der Waals surface area contributed by atoms with E-state index in [1.165, 1.54) is 17.3 Å². The van der Waals surface area contributed by atoms with Gasteiger partial charge in [0.25, 0.3) is 0 Å². The number of nitrogens with two attached hydrogens (primary N) is 1. The highest BCUT2D eigenvalue weighted by Gasteiger charge is 2.24. The number of pyridine rings is 1. The number of nitrogens with zero attached hydrogens (tertiary/aromatic N) is 1. The predicted octanol–water partition coefficient (Wildman–Crippen LogP) is 2.06. The average molecular weight is 461 g/mol. The smallest absolute Gasteiger partial charge is 0.224 e. The third-order valence-corrected chi connectivity index (χ3v) is 6.19. The van der Waals surface area contributed by atoms with Crippen LogP contribution in [0.25, 0.3) is 0 Å². The number of fused-ring (bicyclic) bond motifs is 1. The van der Waals surface area contributed by atoms with Gasteiger partial charge in [0.1, 0.15) is 11.5 Å². The molecule has 1 heterocycles. The van der Waals surface area contributed by atoms with E-state index in [0.29, 0.717) is 24.2 Å². The van der Waals surface area contributed by atoms with Crippen LogP contribution in [0, 0.1) is 0 Å². The zero-order valence-electron chi connectivity index (χ0n) is 19.4. The summed E-state index contributed by atoms with van der Waals surface area (Å²) in [5.41, 5.74) is 9.38. The fourth-order valence-corrected chi connectivity index (χ4v) is 4.48. The van der Waals surface area contributed by atoms with Crippen molar-refractivity contribution in [3.05, 3.63) is 94.7 Å². The second kappa shape index (κ2) is 10.3. The molecule has 0 fully saturated rings. The molecule has 0 unspecified atom stereocenters. The Balaban J connectivity index is 1.28. The van der Waals surface area contributed by atoms with Crippen molar-refractivity contribution in [1.82, 2.24) is 15.6 Å². The third-order valence-electron chi connectivity index (χ3n) is 6.19. The normalized spacial score (nSPS) is 16.0. The number of nitrogens with one attached hydrogen (secondary N) is 2. The summed E-state index contributed by atoms with van der Waals surface area (Å²) >= 11 is 0. The number of rotatable bonds is 9. The molecule has 0 bridgehead atoms. The van der Waals surface area contributed by atoms with Gasteiger partial charge in [-0.15, -0.1) is 0 Å². The van der Waals surface area contributed by atoms with Gasteiger partial charge in [0, 0.05) is 30.8 Å². The first-order valence-electron chi connectivity index (χ1n) is 11.6. The molecule has 2 aromatic carbocycles. The molecule has 6 N–H and O–H groups in total. The van der Waals surface area contributed by atoms with E-state index in [-0.39, 0.29) is 18.5 Å². The van der Waals surface area contributed by atoms with E-state index < -0.39 is 11.8 Å². The fourth-order valence-electron chi connectivity index (χ4n) is 4.48. The number of carbonyl (C=O) groups excluding carboxylic acids is 1. The molecule has 1 aliphatic rings. The maximum atomic E-state index is 12.6. The van der Waals surface area contributed by atoms with Crippen molar-refractivity contribution in [2.24, 2.45) is 0 Å². The lowest BCUT2D eigenvalue weighted by molar-refractivity contribution is -0.121. The molecule has 0 saturated heterocycles. The van der Waals surface area contributed by atoms with Crippen LogP contribution in [0.15, 0.2) is 66.9 Å². The van der Waals surface area contributed by atoms with E-state index in [1.807, 2.05) is 36.4 Å². The van der Waals surface area contributed by atoms with Gasteiger partial charge in [-0.1, -0.05) is 54.6 Å². The second-order valence-electron chi connectivity index (χ2n) is 9.30. The largest absolute Gasteiger partial charge is 0.387 e. The van der Waals surface area contributed by atoms with E-state index in [2.05, 4.69) is 27.8 Å². The average Bonchev–Trinajstić information content (AvgIpc) is 3.20. The van der Waals surface area contributed by atoms with Gasteiger partial charge in [-0.25, -0.2) is 4.98 Å². The maximum absolute atomic E-state index is 12.6. The molecule has 7 heteroatoms. The van der Waals surface area contributed by atoms with E-state index in [1.54, 1.807) is 19.1 Å². The molecule has 0 aliphatic heterocycles.